The van der Waals surface area contributed by atoms with Gasteiger partial charge in [0.15, 0.2) is 44.2 Å². The van der Waals surface area contributed by atoms with Crippen molar-refractivity contribution < 1.29 is 138 Å². The number of rotatable bonds is 18. The number of nitrogens with one attached hydrogen (secondary N) is 1. The van der Waals surface area contributed by atoms with Gasteiger partial charge in [-0.2, -0.15) is 0 Å². The molecule has 0 unspecified atom stereocenters. The molecule has 30 heteroatoms. The molecule has 0 bridgehead atoms. The maximum atomic E-state index is 12.7. The lowest BCUT2D eigenvalue weighted by Crippen LogP contribution is -2.70. The molecule has 25 atom stereocenters. The number of ether oxygens (including phenoxy) is 10. The van der Waals surface area contributed by atoms with Gasteiger partial charge in [-0.15, -0.1) is 0 Å². The zero-order chi connectivity index (χ0) is 49.6. The second-order valence-electron chi connectivity index (χ2n) is 16.7. The van der Waals surface area contributed by atoms with Crippen molar-refractivity contribution in [3.63, 3.8) is 0 Å². The molecule has 1 amide bonds. The number of amides is 1. The molecular formula is C37H65N2O28+. The number of aliphatic hydroxyl groups excluding tert-OH is 14. The van der Waals surface area contributed by atoms with E-state index in [4.69, 9.17) is 52.3 Å². The third-order valence-corrected chi connectivity index (χ3v) is 11.8. The molecule has 5 aliphatic rings. The normalized spacial score (nSPS) is 46.6. The van der Waals surface area contributed by atoms with Gasteiger partial charge in [-0.05, 0) is 0 Å². The van der Waals surface area contributed by atoms with Crippen LogP contribution in [0.5, 0.6) is 0 Å². The fourth-order valence-corrected chi connectivity index (χ4v) is 8.21. The van der Waals surface area contributed by atoms with Gasteiger partial charge >= 0.3 is 0 Å². The standard InChI is InChI=1S/C37H64N2O28/c1-11(44)38-18-23(48)29(14(7-42)61-34(18)64-30-16(10-67(3)4)58-33(54)19(31(30)66-55)39-17(8-43)56-2)63-37-28(53)32(65-36-27(52)25(50)21(46)13(6-41)60-36)22(47)15(62-37)9-57-35-26(51)24(49)20(45)12(5-40)59-35/h12-16,18-37,40-43,45-54H,5-10H2,1-4H3,(H-,38,44,55)/p+1/t12-,13-,14-,15-,16-,18-,19-,20-,21-,22-,23-,24+,25+,26+,27+,28+,29-,30-,31-,32+,33+,34+,35+,36-,37+/m1/s1. The van der Waals surface area contributed by atoms with E-state index in [1.807, 2.05) is 0 Å². The highest BCUT2D eigenvalue weighted by atomic mass is 17.1. The summed E-state index contributed by atoms with van der Waals surface area (Å²) in [6.07, 6.45) is -41.6. The van der Waals surface area contributed by atoms with Crippen LogP contribution in [-0.4, -0.2) is 303 Å². The zero-order valence-corrected chi connectivity index (χ0v) is 36.6. The van der Waals surface area contributed by atoms with Gasteiger partial charge in [0.05, 0.1) is 33.5 Å². The number of carbonyl (C=O) groups is 1. The Kier molecular flexibility index (Phi) is 20.7. The van der Waals surface area contributed by atoms with Crippen LogP contribution < -0.4 is 5.32 Å². The number of aliphatic hydroxyl groups is 14. The molecule has 0 aliphatic carbocycles. The van der Waals surface area contributed by atoms with Crippen molar-refractivity contribution in [2.75, 3.05) is 61.0 Å². The Labute approximate surface area is 381 Å². The van der Waals surface area contributed by atoms with Crippen LogP contribution in [0.4, 0.5) is 0 Å². The van der Waals surface area contributed by atoms with Gasteiger partial charge in [0.1, 0.15) is 137 Å². The first-order chi connectivity index (χ1) is 31.7. The molecule has 5 rings (SSSR count). The largest absolute Gasteiger partial charge is 0.483 e. The number of aliphatic imine (C=N–C) groups is 1. The second kappa shape index (κ2) is 24.8. The smallest absolute Gasteiger partial charge is 0.217 e. The van der Waals surface area contributed by atoms with Crippen LogP contribution in [0.25, 0.3) is 0 Å². The van der Waals surface area contributed by atoms with Gasteiger partial charge < -0.3 is 129 Å². The van der Waals surface area contributed by atoms with Gasteiger partial charge in [0, 0.05) is 6.92 Å². The van der Waals surface area contributed by atoms with Crippen molar-refractivity contribution in [1.82, 2.24) is 5.32 Å². The summed E-state index contributed by atoms with van der Waals surface area (Å²) in [5, 5.41) is 161. The third kappa shape index (κ3) is 12.7. The minimum atomic E-state index is -2.18. The maximum absolute atomic E-state index is 12.7. The highest BCUT2D eigenvalue weighted by molar-refractivity contribution is 5.77. The number of methoxy groups -OCH3 is 1. The van der Waals surface area contributed by atoms with Gasteiger partial charge in [0.2, 0.25) is 11.8 Å². The van der Waals surface area contributed by atoms with Gasteiger partial charge in [0.25, 0.3) is 0 Å². The van der Waals surface area contributed by atoms with Gasteiger partial charge in [-0.3, -0.25) is 10.1 Å². The Morgan fingerprint density at radius 1 is 0.582 bits per heavy atom. The van der Waals surface area contributed by atoms with E-state index in [-0.39, 0.29) is 12.5 Å². The minimum Gasteiger partial charge on any atom is -0.483 e. The predicted octanol–water partition coefficient (Wildman–Crippen LogP) is -10.4. The molecule has 16 N–H and O–H groups in total. The van der Waals surface area contributed by atoms with Crippen molar-refractivity contribution in [3.8, 4) is 0 Å². The molecule has 5 fully saturated rings. The molecule has 67 heavy (non-hydrogen) atoms. The predicted molar refractivity (Wildman–Crippen MR) is 210 cm³/mol. The SMILES string of the molecule is COC(CO)=N[C@@H]1[C@@H](OO)[C@H](O[C@@H]2O[C@H](CO)[C@@H](O[C@@H]3O[C@H](CO[C@H]4O[C@H](CO)[C@@H](O)[C@H](O)[C@@H]4O)[C@@H](O)[C@H](O[C@H]4O[C@H](CO)[C@@H](O)[C@H](O)[C@@H]4O)[C@@H]3O)[C@H](O)[C@H]2NC(C)=O)[C@@H](C[O+](C)C)O[C@@H]1O. The minimum absolute atomic E-state index is 0.0964. The summed E-state index contributed by atoms with van der Waals surface area (Å²) in [7, 11) is 4.28. The van der Waals surface area contributed by atoms with Crippen molar-refractivity contribution in [1.29, 1.82) is 0 Å². The number of hydrogen-bond acceptors (Lipinski definition) is 28. The molecule has 30 nitrogen and oxygen atoms in total. The molecule has 0 spiro atoms. The van der Waals surface area contributed by atoms with E-state index in [0.29, 0.717) is 0 Å². The number of nitrogens with zero attached hydrogens (tertiary/aromatic N) is 1. The Morgan fingerprint density at radius 3 is 1.64 bits per heavy atom. The van der Waals surface area contributed by atoms with Crippen molar-refractivity contribution >= 4 is 11.8 Å². The van der Waals surface area contributed by atoms with Crippen molar-refractivity contribution in [2.45, 2.75) is 160 Å². The summed E-state index contributed by atoms with van der Waals surface area (Å²) in [4.78, 5) is 21.5. The first kappa shape index (κ1) is 55.8. The van der Waals surface area contributed by atoms with E-state index in [9.17, 15) is 81.5 Å². The number of hydrogen-bond donors (Lipinski definition) is 16. The van der Waals surface area contributed by atoms with Crippen LogP contribution in [0.15, 0.2) is 4.99 Å². The molecule has 0 radical (unpaired) electrons. The molecule has 0 aromatic rings. The van der Waals surface area contributed by atoms with Gasteiger partial charge in [-0.1, -0.05) is 0 Å². The van der Waals surface area contributed by atoms with Crippen LogP contribution in [0.1, 0.15) is 6.92 Å². The molecule has 5 saturated heterocycles. The van der Waals surface area contributed by atoms with E-state index in [2.05, 4.69) is 14.7 Å². The summed E-state index contributed by atoms with van der Waals surface area (Å²) in [5.41, 5.74) is 0. The topological polar surface area (TPSA) is 449 Å². The Morgan fingerprint density at radius 2 is 1.10 bits per heavy atom. The quantitative estimate of drug-likeness (QED) is 0.0199. The second-order valence-corrected chi connectivity index (χ2v) is 16.7. The van der Waals surface area contributed by atoms with Crippen LogP contribution in [-0.2, 0) is 61.4 Å². The van der Waals surface area contributed by atoms with Crippen LogP contribution in [0.2, 0.25) is 0 Å². The van der Waals surface area contributed by atoms with Crippen molar-refractivity contribution in [2.24, 2.45) is 4.99 Å². The van der Waals surface area contributed by atoms with Gasteiger partial charge in [-0.25, -0.2) is 9.88 Å². The van der Waals surface area contributed by atoms with Crippen LogP contribution in [0, 0.1) is 0 Å². The Hall–Kier alpha value is -2.10. The third-order valence-electron chi connectivity index (χ3n) is 11.8. The Balaban J connectivity index is 1.45. The first-order valence-corrected chi connectivity index (χ1v) is 21.1. The molecular weight excluding hydrogens is 920 g/mol. The molecule has 0 aromatic heterocycles. The monoisotopic (exact) mass is 985 g/mol. The zero-order valence-electron chi connectivity index (χ0n) is 36.6. The average Bonchev–Trinajstić information content (AvgIpc) is 3.29. The summed E-state index contributed by atoms with van der Waals surface area (Å²) >= 11 is 0. The Bertz CT molecular complexity index is 1550. The number of carbonyl (C=O) groups excluding carboxylic acids is 1. The first-order valence-electron chi connectivity index (χ1n) is 21.1. The summed E-state index contributed by atoms with van der Waals surface area (Å²) in [6.45, 7) is -3.33. The van der Waals surface area contributed by atoms with Crippen molar-refractivity contribution in [3.05, 3.63) is 0 Å². The van der Waals surface area contributed by atoms with E-state index >= 15 is 0 Å². The highest BCUT2D eigenvalue weighted by Gasteiger charge is 2.57. The average molecular weight is 986 g/mol. The molecule has 5 heterocycles. The lowest BCUT2D eigenvalue weighted by atomic mass is 9.94. The molecule has 0 aromatic carbocycles. The maximum Gasteiger partial charge on any atom is 0.217 e. The summed E-state index contributed by atoms with van der Waals surface area (Å²) in [5.74, 6) is -1.09. The molecule has 0 saturated carbocycles. The van der Waals surface area contributed by atoms with E-state index in [1.165, 1.54) is 7.11 Å². The summed E-state index contributed by atoms with van der Waals surface area (Å²) < 4.78 is 59.5. The lowest BCUT2D eigenvalue weighted by Gasteiger charge is -2.50. The fraction of sp³-hybridized carbons (Fsp3) is 0.946. The highest BCUT2D eigenvalue weighted by Crippen LogP contribution is 2.36. The fourth-order valence-electron chi connectivity index (χ4n) is 8.21. The lowest BCUT2D eigenvalue weighted by molar-refractivity contribution is -0.393. The van der Waals surface area contributed by atoms with E-state index < -0.39 is 192 Å². The van der Waals surface area contributed by atoms with Crippen LogP contribution >= 0.6 is 0 Å². The molecule has 5 aliphatic heterocycles. The van der Waals surface area contributed by atoms with E-state index in [1.54, 1.807) is 14.2 Å². The van der Waals surface area contributed by atoms with E-state index in [0.717, 1.165) is 6.92 Å². The van der Waals surface area contributed by atoms with Crippen LogP contribution in [0.3, 0.4) is 0 Å². The molecule has 390 valence electrons. The summed E-state index contributed by atoms with van der Waals surface area (Å²) in [6, 6.07) is -3.20.